The van der Waals surface area contributed by atoms with Gasteiger partial charge in [0.25, 0.3) is 5.91 Å². The van der Waals surface area contributed by atoms with Gasteiger partial charge in [-0.2, -0.15) is 10.1 Å². The summed E-state index contributed by atoms with van der Waals surface area (Å²) < 4.78 is 5.07. The van der Waals surface area contributed by atoms with Gasteiger partial charge in [-0.1, -0.05) is 11.6 Å². The summed E-state index contributed by atoms with van der Waals surface area (Å²) in [5.74, 6) is 0.324. The molecule has 0 radical (unpaired) electrons. The molecule has 0 saturated carbocycles. The van der Waals surface area contributed by atoms with E-state index in [-0.39, 0.29) is 11.9 Å². The molecule has 2 rings (SSSR count). The maximum Gasteiger partial charge on any atom is 0.261 e. The highest BCUT2D eigenvalue weighted by atomic mass is 35.5. The van der Waals surface area contributed by atoms with Gasteiger partial charge in [0, 0.05) is 5.02 Å². The zero-order valence-corrected chi connectivity index (χ0v) is 9.65. The molecule has 0 saturated heterocycles. The number of halogens is 1. The number of carbonyl (C=O) groups is 1. The second-order valence-electron chi connectivity index (χ2n) is 3.13. The molecule has 17 heavy (non-hydrogen) atoms. The van der Waals surface area contributed by atoms with Crippen molar-refractivity contribution in [3.05, 3.63) is 35.1 Å². The second kappa shape index (κ2) is 4.84. The molecule has 0 unspecified atom stereocenters. The summed E-state index contributed by atoms with van der Waals surface area (Å²) in [4.78, 5) is 15.7. The van der Waals surface area contributed by atoms with E-state index in [1.54, 1.807) is 12.1 Å². The number of ether oxygens (including phenoxy) is 1. The van der Waals surface area contributed by atoms with Gasteiger partial charge >= 0.3 is 0 Å². The highest BCUT2D eigenvalue weighted by Gasteiger charge is 2.13. The van der Waals surface area contributed by atoms with Gasteiger partial charge in [-0.15, -0.1) is 0 Å². The molecule has 0 atom stereocenters. The van der Waals surface area contributed by atoms with Crippen LogP contribution in [0.1, 0.15) is 10.4 Å². The fourth-order valence-corrected chi connectivity index (χ4v) is 1.47. The maximum absolute atomic E-state index is 11.9. The Bertz CT molecular complexity index is 527. The molecule has 0 fully saturated rings. The van der Waals surface area contributed by atoms with Crippen molar-refractivity contribution in [3.63, 3.8) is 0 Å². The Morgan fingerprint density at radius 3 is 3.00 bits per heavy atom. The van der Waals surface area contributed by atoms with E-state index >= 15 is 0 Å². The average Bonchev–Trinajstić information content (AvgIpc) is 2.81. The van der Waals surface area contributed by atoms with Crippen LogP contribution < -0.4 is 10.1 Å². The molecule has 1 amide bonds. The Kier molecular flexibility index (Phi) is 3.24. The number of amides is 1. The van der Waals surface area contributed by atoms with Crippen molar-refractivity contribution in [3.8, 4) is 5.75 Å². The Balaban J connectivity index is 2.26. The van der Waals surface area contributed by atoms with Gasteiger partial charge in [-0.3, -0.25) is 10.1 Å². The van der Waals surface area contributed by atoms with Crippen molar-refractivity contribution in [2.45, 2.75) is 0 Å². The van der Waals surface area contributed by atoms with E-state index in [4.69, 9.17) is 16.3 Å². The number of H-pyrrole nitrogens is 1. The number of rotatable bonds is 3. The molecule has 0 aliphatic rings. The maximum atomic E-state index is 11.9. The molecule has 1 heterocycles. The molecule has 7 heteroatoms. The summed E-state index contributed by atoms with van der Waals surface area (Å²) in [6.45, 7) is 0. The lowest BCUT2D eigenvalue weighted by Crippen LogP contribution is -2.14. The van der Waals surface area contributed by atoms with Crippen LogP contribution in [0.5, 0.6) is 5.75 Å². The topological polar surface area (TPSA) is 79.9 Å². The van der Waals surface area contributed by atoms with E-state index in [0.717, 1.165) is 0 Å². The number of nitrogens with zero attached hydrogens (tertiary/aromatic N) is 2. The first-order valence-corrected chi connectivity index (χ1v) is 5.09. The summed E-state index contributed by atoms with van der Waals surface area (Å²) in [6, 6.07) is 4.79. The third-order valence-electron chi connectivity index (χ3n) is 2.05. The Labute approximate surface area is 102 Å². The molecule has 0 bridgehead atoms. The van der Waals surface area contributed by atoms with Crippen LogP contribution in [-0.2, 0) is 0 Å². The summed E-state index contributed by atoms with van der Waals surface area (Å²) >= 11 is 5.83. The Morgan fingerprint density at radius 2 is 2.35 bits per heavy atom. The van der Waals surface area contributed by atoms with Crippen LogP contribution in [0.15, 0.2) is 24.5 Å². The number of methoxy groups -OCH3 is 1. The summed E-state index contributed by atoms with van der Waals surface area (Å²) in [6.07, 6.45) is 1.30. The lowest BCUT2D eigenvalue weighted by molar-refractivity contribution is 0.102. The lowest BCUT2D eigenvalue weighted by Gasteiger charge is -2.07. The smallest absolute Gasteiger partial charge is 0.261 e. The number of carbonyl (C=O) groups excluding carboxylic acids is 1. The largest absolute Gasteiger partial charge is 0.496 e. The van der Waals surface area contributed by atoms with Gasteiger partial charge in [-0.05, 0) is 18.2 Å². The van der Waals surface area contributed by atoms with Crippen molar-refractivity contribution in [2.75, 3.05) is 12.4 Å². The first kappa shape index (κ1) is 11.4. The molecule has 1 aromatic carbocycles. The first-order valence-electron chi connectivity index (χ1n) is 4.71. The molecule has 2 aromatic rings. The standard InChI is InChI=1S/C10H9ClN4O2/c1-17-8-3-2-6(11)4-7(8)9(16)14-10-12-5-13-15-10/h2-5H,1H3,(H2,12,13,14,15,16). The summed E-state index contributed by atoms with van der Waals surface area (Å²) in [7, 11) is 1.48. The Morgan fingerprint density at radius 1 is 1.53 bits per heavy atom. The van der Waals surface area contributed by atoms with E-state index in [1.807, 2.05) is 0 Å². The lowest BCUT2D eigenvalue weighted by atomic mass is 10.2. The van der Waals surface area contributed by atoms with E-state index in [9.17, 15) is 4.79 Å². The molecule has 0 aliphatic heterocycles. The predicted octanol–water partition coefficient (Wildman–Crippen LogP) is 1.72. The van der Waals surface area contributed by atoms with Gasteiger partial charge < -0.3 is 4.74 Å². The molecule has 0 spiro atoms. The minimum atomic E-state index is -0.374. The number of aromatic nitrogens is 3. The molecular weight excluding hydrogens is 244 g/mol. The van der Waals surface area contributed by atoms with Crippen molar-refractivity contribution in [1.82, 2.24) is 15.2 Å². The molecular formula is C10H9ClN4O2. The van der Waals surface area contributed by atoms with Crippen molar-refractivity contribution >= 4 is 23.5 Å². The van der Waals surface area contributed by atoms with Crippen LogP contribution in [0.3, 0.4) is 0 Å². The highest BCUT2D eigenvalue weighted by Crippen LogP contribution is 2.23. The fourth-order valence-electron chi connectivity index (χ4n) is 1.30. The monoisotopic (exact) mass is 252 g/mol. The van der Waals surface area contributed by atoms with Gasteiger partial charge in [0.2, 0.25) is 5.95 Å². The van der Waals surface area contributed by atoms with E-state index in [0.29, 0.717) is 16.3 Å². The molecule has 0 aliphatic carbocycles. The van der Waals surface area contributed by atoms with Gasteiger partial charge in [-0.25, -0.2) is 5.10 Å². The van der Waals surface area contributed by atoms with Crippen LogP contribution >= 0.6 is 11.6 Å². The summed E-state index contributed by atoms with van der Waals surface area (Å²) in [5.41, 5.74) is 0.330. The number of benzene rings is 1. The van der Waals surface area contributed by atoms with Gasteiger partial charge in [0.1, 0.15) is 12.1 Å². The van der Waals surface area contributed by atoms with Crippen molar-refractivity contribution in [2.24, 2.45) is 0 Å². The number of aromatic amines is 1. The third-order valence-corrected chi connectivity index (χ3v) is 2.29. The zero-order chi connectivity index (χ0) is 12.3. The summed E-state index contributed by atoms with van der Waals surface area (Å²) in [5, 5.41) is 9.13. The number of hydrogen-bond donors (Lipinski definition) is 2. The molecule has 6 nitrogen and oxygen atoms in total. The molecule has 1 aromatic heterocycles. The van der Waals surface area contributed by atoms with Crippen molar-refractivity contribution < 1.29 is 9.53 Å². The fraction of sp³-hybridized carbons (Fsp3) is 0.100. The van der Waals surface area contributed by atoms with E-state index in [2.05, 4.69) is 20.5 Å². The number of anilines is 1. The van der Waals surface area contributed by atoms with Gasteiger partial charge in [0.05, 0.1) is 12.7 Å². The van der Waals surface area contributed by atoms with Crippen LogP contribution in [-0.4, -0.2) is 28.2 Å². The molecule has 2 N–H and O–H groups in total. The molecule has 88 valence electrons. The average molecular weight is 253 g/mol. The minimum Gasteiger partial charge on any atom is -0.496 e. The third kappa shape index (κ3) is 2.54. The second-order valence-corrected chi connectivity index (χ2v) is 3.57. The van der Waals surface area contributed by atoms with Gasteiger partial charge in [0.15, 0.2) is 0 Å². The normalized spacial score (nSPS) is 10.0. The van der Waals surface area contributed by atoms with Crippen LogP contribution in [0.2, 0.25) is 5.02 Å². The number of nitrogens with one attached hydrogen (secondary N) is 2. The minimum absolute atomic E-state index is 0.261. The highest BCUT2D eigenvalue weighted by molar-refractivity contribution is 6.31. The number of hydrogen-bond acceptors (Lipinski definition) is 4. The van der Waals surface area contributed by atoms with Crippen LogP contribution in [0.25, 0.3) is 0 Å². The first-order chi connectivity index (χ1) is 8.20. The predicted molar refractivity (Wildman–Crippen MR) is 62.3 cm³/mol. The van der Waals surface area contributed by atoms with Crippen LogP contribution in [0, 0.1) is 0 Å². The SMILES string of the molecule is COc1ccc(Cl)cc1C(=O)Nc1ncn[nH]1. The van der Waals surface area contributed by atoms with E-state index in [1.165, 1.54) is 19.5 Å². The Hall–Kier alpha value is -2.08. The van der Waals surface area contributed by atoms with E-state index < -0.39 is 0 Å². The quantitative estimate of drug-likeness (QED) is 0.872. The van der Waals surface area contributed by atoms with Crippen molar-refractivity contribution in [1.29, 1.82) is 0 Å². The van der Waals surface area contributed by atoms with Crippen LogP contribution in [0.4, 0.5) is 5.95 Å². The zero-order valence-electron chi connectivity index (χ0n) is 8.90.